The molecule has 168 valence electrons. The fourth-order valence-electron chi connectivity index (χ4n) is 3.32. The van der Waals surface area contributed by atoms with Gasteiger partial charge in [0.25, 0.3) is 5.91 Å². The molecular weight excluding hydrogens is 400 g/mol. The minimum atomic E-state index is 0.00448. The van der Waals surface area contributed by atoms with Crippen LogP contribution < -0.4 is 10.6 Å². The fourth-order valence-corrected chi connectivity index (χ4v) is 3.32. The molecule has 3 rings (SSSR count). The number of aliphatic imine (C=N–C) groups is 1. The first-order valence-corrected chi connectivity index (χ1v) is 10.8. The Morgan fingerprint density at radius 1 is 1.06 bits per heavy atom. The molecule has 0 bridgehead atoms. The summed E-state index contributed by atoms with van der Waals surface area (Å²) in [6, 6.07) is 16.1. The van der Waals surface area contributed by atoms with Gasteiger partial charge in [-0.1, -0.05) is 36.4 Å². The highest BCUT2D eigenvalue weighted by molar-refractivity contribution is 5.93. The van der Waals surface area contributed by atoms with Gasteiger partial charge in [0, 0.05) is 51.7 Å². The lowest BCUT2D eigenvalue weighted by molar-refractivity contribution is 0.0827. The Balaban J connectivity index is 1.61. The Morgan fingerprint density at radius 2 is 1.81 bits per heavy atom. The Labute approximate surface area is 190 Å². The second kappa shape index (κ2) is 11.1. The highest BCUT2D eigenvalue weighted by Crippen LogP contribution is 2.10. The molecule has 0 aliphatic carbocycles. The molecule has 0 saturated carbocycles. The number of carbonyl (C=O) groups excluding carboxylic acids is 1. The molecule has 0 spiro atoms. The molecule has 1 amide bonds. The molecule has 3 aromatic rings. The molecule has 1 heterocycles. The topological polar surface area (TPSA) is 74.5 Å². The maximum atomic E-state index is 12.0. The number of benzene rings is 2. The predicted octanol–water partition coefficient (Wildman–Crippen LogP) is 3.20. The van der Waals surface area contributed by atoms with Crippen molar-refractivity contribution in [1.82, 2.24) is 25.1 Å². The minimum absolute atomic E-state index is 0.00448. The molecular formula is C25H32N6O. The predicted molar refractivity (Wildman–Crippen MR) is 129 cm³/mol. The molecule has 0 unspecified atom stereocenters. The van der Waals surface area contributed by atoms with Gasteiger partial charge < -0.3 is 20.1 Å². The van der Waals surface area contributed by atoms with Crippen molar-refractivity contribution in [2.24, 2.45) is 4.99 Å². The van der Waals surface area contributed by atoms with Crippen molar-refractivity contribution in [3.05, 3.63) is 89.0 Å². The summed E-state index contributed by atoms with van der Waals surface area (Å²) in [5.41, 5.74) is 4.15. The van der Waals surface area contributed by atoms with Crippen LogP contribution in [0.2, 0.25) is 0 Å². The van der Waals surface area contributed by atoms with Crippen LogP contribution in [0.5, 0.6) is 0 Å². The molecule has 0 aliphatic heterocycles. The van der Waals surface area contributed by atoms with Crippen molar-refractivity contribution >= 4 is 11.9 Å². The lowest BCUT2D eigenvalue weighted by Gasteiger charge is -2.13. The number of guanidine groups is 1. The fraction of sp³-hybridized carbons (Fsp3) is 0.320. The van der Waals surface area contributed by atoms with Gasteiger partial charge in [-0.25, -0.2) is 9.98 Å². The summed E-state index contributed by atoms with van der Waals surface area (Å²) >= 11 is 0. The zero-order valence-corrected chi connectivity index (χ0v) is 19.3. The molecule has 32 heavy (non-hydrogen) atoms. The van der Waals surface area contributed by atoms with Gasteiger partial charge in [0.15, 0.2) is 5.96 Å². The Morgan fingerprint density at radius 3 is 2.47 bits per heavy atom. The van der Waals surface area contributed by atoms with Gasteiger partial charge in [0.2, 0.25) is 0 Å². The first-order valence-electron chi connectivity index (χ1n) is 10.8. The number of imidazole rings is 1. The number of rotatable bonds is 8. The number of hydrogen-bond acceptors (Lipinski definition) is 3. The van der Waals surface area contributed by atoms with Crippen LogP contribution in [0.15, 0.2) is 65.9 Å². The van der Waals surface area contributed by atoms with Crippen LogP contribution in [0.4, 0.5) is 0 Å². The maximum Gasteiger partial charge on any atom is 0.253 e. The van der Waals surface area contributed by atoms with E-state index < -0.39 is 0 Å². The summed E-state index contributed by atoms with van der Waals surface area (Å²) in [4.78, 5) is 22.6. The number of hydrogen-bond donors (Lipinski definition) is 2. The molecule has 0 aliphatic rings. The molecule has 0 atom stereocenters. The van der Waals surface area contributed by atoms with Crippen LogP contribution in [0.1, 0.15) is 39.8 Å². The van der Waals surface area contributed by atoms with Gasteiger partial charge in [0.1, 0.15) is 5.82 Å². The van der Waals surface area contributed by atoms with E-state index in [1.807, 2.05) is 50.5 Å². The number of carbonyl (C=O) groups is 1. The van der Waals surface area contributed by atoms with Crippen LogP contribution in [0, 0.1) is 6.92 Å². The van der Waals surface area contributed by atoms with Crippen LogP contribution in [-0.2, 0) is 19.6 Å². The van der Waals surface area contributed by atoms with E-state index in [9.17, 15) is 4.79 Å². The molecule has 7 nitrogen and oxygen atoms in total. The van der Waals surface area contributed by atoms with E-state index in [0.29, 0.717) is 18.7 Å². The number of aromatic nitrogens is 2. The summed E-state index contributed by atoms with van der Waals surface area (Å²) in [5, 5.41) is 6.66. The smallest absolute Gasteiger partial charge is 0.253 e. The largest absolute Gasteiger partial charge is 0.357 e. The number of nitrogens with zero attached hydrogens (tertiary/aromatic N) is 4. The van der Waals surface area contributed by atoms with Crippen molar-refractivity contribution in [2.75, 3.05) is 20.6 Å². The van der Waals surface area contributed by atoms with Crippen molar-refractivity contribution in [2.45, 2.75) is 33.5 Å². The highest BCUT2D eigenvalue weighted by Gasteiger charge is 2.07. The summed E-state index contributed by atoms with van der Waals surface area (Å²) in [7, 11) is 3.51. The normalized spacial score (nSPS) is 11.3. The first kappa shape index (κ1) is 23.1. The molecule has 0 radical (unpaired) electrons. The van der Waals surface area contributed by atoms with Gasteiger partial charge >= 0.3 is 0 Å². The number of amides is 1. The lowest BCUT2D eigenvalue weighted by atomic mass is 10.1. The van der Waals surface area contributed by atoms with Crippen LogP contribution >= 0.6 is 0 Å². The minimum Gasteiger partial charge on any atom is -0.357 e. The standard InChI is InChI=1S/C25H32N6O/c1-5-26-25(28-16-20-9-11-23(12-10-20)24(32)30(3)4)29-17-21-7-6-8-22(15-21)18-31-14-13-27-19(31)2/h6-15H,5,16-18H2,1-4H3,(H2,26,28,29). The van der Waals surface area contributed by atoms with E-state index in [-0.39, 0.29) is 5.91 Å². The van der Waals surface area contributed by atoms with Crippen LogP contribution in [0.3, 0.4) is 0 Å². The first-order chi connectivity index (χ1) is 15.5. The Bertz CT molecular complexity index is 1050. The van der Waals surface area contributed by atoms with Crippen molar-refractivity contribution in [3.8, 4) is 0 Å². The summed E-state index contributed by atoms with van der Waals surface area (Å²) in [5.74, 6) is 1.77. The molecule has 2 aromatic carbocycles. The molecule has 2 N–H and O–H groups in total. The quantitative estimate of drug-likeness (QED) is 0.423. The average Bonchev–Trinajstić information content (AvgIpc) is 3.20. The zero-order valence-electron chi connectivity index (χ0n) is 19.3. The monoisotopic (exact) mass is 432 g/mol. The van der Waals surface area contributed by atoms with E-state index in [1.165, 1.54) is 5.56 Å². The van der Waals surface area contributed by atoms with Crippen molar-refractivity contribution < 1.29 is 4.79 Å². The van der Waals surface area contributed by atoms with E-state index in [0.717, 1.165) is 36.0 Å². The molecule has 0 saturated heterocycles. The van der Waals surface area contributed by atoms with Gasteiger partial charge in [-0.3, -0.25) is 4.79 Å². The highest BCUT2D eigenvalue weighted by atomic mass is 16.2. The Hall–Kier alpha value is -3.61. The Kier molecular flexibility index (Phi) is 8.02. The van der Waals surface area contributed by atoms with E-state index >= 15 is 0 Å². The second-order valence-electron chi connectivity index (χ2n) is 7.87. The van der Waals surface area contributed by atoms with Crippen LogP contribution in [0.25, 0.3) is 0 Å². The number of aryl methyl sites for hydroxylation is 1. The summed E-state index contributed by atoms with van der Waals surface area (Å²) in [6.07, 6.45) is 3.82. The SMILES string of the molecule is CCNC(=NCc1cccc(Cn2ccnc2C)c1)NCc1ccc(C(=O)N(C)C)cc1. The maximum absolute atomic E-state index is 12.0. The van der Waals surface area contributed by atoms with Gasteiger partial charge in [-0.05, 0) is 42.7 Å². The van der Waals surface area contributed by atoms with Crippen molar-refractivity contribution in [1.29, 1.82) is 0 Å². The van der Waals surface area contributed by atoms with Gasteiger partial charge in [0.05, 0.1) is 6.54 Å². The van der Waals surface area contributed by atoms with E-state index in [1.54, 1.807) is 19.0 Å². The third-order valence-electron chi connectivity index (χ3n) is 5.10. The lowest BCUT2D eigenvalue weighted by Crippen LogP contribution is -2.36. The third kappa shape index (κ3) is 6.44. The second-order valence-corrected chi connectivity index (χ2v) is 7.87. The average molecular weight is 433 g/mol. The van der Waals surface area contributed by atoms with Gasteiger partial charge in [-0.2, -0.15) is 0 Å². The summed E-state index contributed by atoms with van der Waals surface area (Å²) in [6.45, 7) is 6.85. The van der Waals surface area contributed by atoms with Crippen molar-refractivity contribution in [3.63, 3.8) is 0 Å². The third-order valence-corrected chi connectivity index (χ3v) is 5.10. The molecule has 1 aromatic heterocycles. The van der Waals surface area contributed by atoms with Crippen LogP contribution in [-0.4, -0.2) is 47.0 Å². The number of nitrogens with one attached hydrogen (secondary N) is 2. The zero-order chi connectivity index (χ0) is 22.9. The molecule has 7 heteroatoms. The molecule has 0 fully saturated rings. The summed E-state index contributed by atoms with van der Waals surface area (Å²) < 4.78 is 2.13. The van der Waals surface area contributed by atoms with Gasteiger partial charge in [-0.15, -0.1) is 0 Å². The van der Waals surface area contributed by atoms with E-state index in [4.69, 9.17) is 4.99 Å². The van der Waals surface area contributed by atoms with E-state index in [2.05, 4.69) is 44.5 Å².